The van der Waals surface area contributed by atoms with Gasteiger partial charge in [-0.15, -0.1) is 34.2 Å². The predicted molar refractivity (Wildman–Crippen MR) is 125 cm³/mol. The van der Waals surface area contributed by atoms with Crippen molar-refractivity contribution >= 4 is 41.7 Å². The molecule has 2 aromatic rings. The number of thioether (sulfide) groups is 1. The fourth-order valence-electron chi connectivity index (χ4n) is 2.71. The minimum atomic E-state index is -0.229. The Hall–Kier alpha value is -1.36. The first kappa shape index (κ1) is 24.7. The molecule has 6 nitrogen and oxygen atoms in total. The SMILES string of the molecule is CN=C(NCCCc1nnc(SC)n1CC(C)C)NCc1cccc(F)c1.I. The number of aryl methyl sites for hydroxylation is 1. The van der Waals surface area contributed by atoms with E-state index in [9.17, 15) is 4.39 Å². The number of nitrogens with one attached hydrogen (secondary N) is 2. The number of hydrogen-bond donors (Lipinski definition) is 2. The van der Waals surface area contributed by atoms with Gasteiger partial charge in [0.2, 0.25) is 0 Å². The van der Waals surface area contributed by atoms with Gasteiger partial charge in [0.25, 0.3) is 0 Å². The van der Waals surface area contributed by atoms with Gasteiger partial charge in [0.1, 0.15) is 11.6 Å². The van der Waals surface area contributed by atoms with Gasteiger partial charge in [0.15, 0.2) is 11.1 Å². The third-order valence-electron chi connectivity index (χ3n) is 3.97. The lowest BCUT2D eigenvalue weighted by atomic mass is 10.2. The van der Waals surface area contributed by atoms with Crippen LogP contribution in [0.2, 0.25) is 0 Å². The van der Waals surface area contributed by atoms with Crippen LogP contribution in [-0.4, -0.2) is 40.6 Å². The molecule has 0 unspecified atom stereocenters. The van der Waals surface area contributed by atoms with Gasteiger partial charge < -0.3 is 15.2 Å². The molecule has 2 rings (SSSR count). The van der Waals surface area contributed by atoms with E-state index in [1.807, 2.05) is 12.3 Å². The summed E-state index contributed by atoms with van der Waals surface area (Å²) in [7, 11) is 1.73. The molecule has 2 N–H and O–H groups in total. The van der Waals surface area contributed by atoms with Crippen LogP contribution in [0.5, 0.6) is 0 Å². The van der Waals surface area contributed by atoms with Crippen molar-refractivity contribution in [1.82, 2.24) is 25.4 Å². The Balaban J connectivity index is 0.00000392. The van der Waals surface area contributed by atoms with E-state index in [-0.39, 0.29) is 29.8 Å². The second-order valence-electron chi connectivity index (χ2n) is 6.69. The molecule has 0 saturated carbocycles. The zero-order valence-electron chi connectivity index (χ0n) is 16.9. The molecule has 0 bridgehead atoms. The van der Waals surface area contributed by atoms with Gasteiger partial charge >= 0.3 is 0 Å². The summed E-state index contributed by atoms with van der Waals surface area (Å²) in [6, 6.07) is 6.55. The standard InChI is InChI=1S/C19H29FN6S.HI/c1-14(2)13-26-17(24-25-19(26)27-4)9-6-10-22-18(21-3)23-12-15-7-5-8-16(20)11-15;/h5,7-8,11,14H,6,9-10,12-13H2,1-4H3,(H2,21,22,23);1H. The smallest absolute Gasteiger partial charge is 0.191 e. The molecule has 0 radical (unpaired) electrons. The molecular weight excluding hydrogens is 490 g/mol. The molecule has 28 heavy (non-hydrogen) atoms. The number of rotatable bonds is 9. The van der Waals surface area contributed by atoms with E-state index < -0.39 is 0 Å². The van der Waals surface area contributed by atoms with Crippen molar-refractivity contribution in [2.45, 2.75) is 44.9 Å². The number of aromatic nitrogens is 3. The zero-order chi connectivity index (χ0) is 19.6. The molecular formula is C19H30FIN6S. The first-order valence-corrected chi connectivity index (χ1v) is 10.4. The molecule has 0 saturated heterocycles. The zero-order valence-corrected chi connectivity index (χ0v) is 20.1. The van der Waals surface area contributed by atoms with E-state index in [1.54, 1.807) is 24.9 Å². The number of halogens is 2. The van der Waals surface area contributed by atoms with Crippen molar-refractivity contribution in [3.8, 4) is 0 Å². The third-order valence-corrected chi connectivity index (χ3v) is 4.63. The molecule has 1 aromatic heterocycles. The number of aliphatic imine (C=N–C) groups is 1. The second kappa shape index (κ2) is 13.0. The van der Waals surface area contributed by atoms with Crippen molar-refractivity contribution in [2.24, 2.45) is 10.9 Å². The molecule has 1 aromatic carbocycles. The Kier molecular flexibility index (Phi) is 11.4. The first-order valence-electron chi connectivity index (χ1n) is 9.18. The Morgan fingerprint density at radius 3 is 2.71 bits per heavy atom. The van der Waals surface area contributed by atoms with E-state index in [2.05, 4.69) is 44.2 Å². The fraction of sp³-hybridized carbons (Fsp3) is 0.526. The first-order chi connectivity index (χ1) is 13.0. The number of nitrogens with zero attached hydrogens (tertiary/aromatic N) is 4. The molecule has 0 fully saturated rings. The maximum Gasteiger partial charge on any atom is 0.191 e. The highest BCUT2D eigenvalue weighted by atomic mass is 127. The molecule has 0 aliphatic carbocycles. The van der Waals surface area contributed by atoms with Gasteiger partial charge in [0.05, 0.1) is 0 Å². The summed E-state index contributed by atoms with van der Waals surface area (Å²) in [5.74, 6) is 2.05. The lowest BCUT2D eigenvalue weighted by molar-refractivity contribution is 0.477. The average molecular weight is 520 g/mol. The topological polar surface area (TPSA) is 67.1 Å². The average Bonchev–Trinajstić information content (AvgIpc) is 3.02. The van der Waals surface area contributed by atoms with Crippen molar-refractivity contribution < 1.29 is 4.39 Å². The van der Waals surface area contributed by atoms with Crippen molar-refractivity contribution in [3.05, 3.63) is 41.5 Å². The van der Waals surface area contributed by atoms with Crippen LogP contribution in [0.3, 0.4) is 0 Å². The molecule has 0 spiro atoms. The maximum atomic E-state index is 13.2. The molecule has 9 heteroatoms. The van der Waals surface area contributed by atoms with Crippen LogP contribution in [0.1, 0.15) is 31.7 Å². The minimum absolute atomic E-state index is 0. The van der Waals surface area contributed by atoms with Crippen LogP contribution in [0.25, 0.3) is 0 Å². The van der Waals surface area contributed by atoms with E-state index in [4.69, 9.17) is 0 Å². The summed E-state index contributed by atoms with van der Waals surface area (Å²) in [5, 5.41) is 16.1. The second-order valence-corrected chi connectivity index (χ2v) is 7.47. The fourth-order valence-corrected chi connectivity index (χ4v) is 3.23. The monoisotopic (exact) mass is 520 g/mol. The van der Waals surface area contributed by atoms with Crippen LogP contribution in [0.15, 0.2) is 34.4 Å². The Bertz CT molecular complexity index is 750. The highest BCUT2D eigenvalue weighted by molar-refractivity contribution is 14.0. The Morgan fingerprint density at radius 2 is 2.07 bits per heavy atom. The number of hydrogen-bond acceptors (Lipinski definition) is 4. The van der Waals surface area contributed by atoms with Gasteiger partial charge in [-0.2, -0.15) is 0 Å². The number of guanidine groups is 1. The predicted octanol–water partition coefficient (Wildman–Crippen LogP) is 3.71. The summed E-state index contributed by atoms with van der Waals surface area (Å²) in [6.07, 6.45) is 3.81. The molecule has 0 aliphatic rings. The van der Waals surface area contributed by atoms with Crippen molar-refractivity contribution in [2.75, 3.05) is 19.8 Å². The highest BCUT2D eigenvalue weighted by Gasteiger charge is 2.12. The van der Waals surface area contributed by atoms with Crippen molar-refractivity contribution in [3.63, 3.8) is 0 Å². The third kappa shape index (κ3) is 7.94. The van der Waals surface area contributed by atoms with E-state index in [0.717, 1.165) is 42.5 Å². The van der Waals surface area contributed by atoms with Crippen LogP contribution in [-0.2, 0) is 19.5 Å². The highest BCUT2D eigenvalue weighted by Crippen LogP contribution is 2.16. The largest absolute Gasteiger partial charge is 0.356 e. The quantitative estimate of drug-likeness (QED) is 0.174. The van der Waals surface area contributed by atoms with Gasteiger partial charge in [-0.1, -0.05) is 37.7 Å². The summed E-state index contributed by atoms with van der Waals surface area (Å²) < 4.78 is 15.4. The van der Waals surface area contributed by atoms with Crippen LogP contribution >= 0.6 is 35.7 Å². The van der Waals surface area contributed by atoms with Gasteiger partial charge in [0, 0.05) is 33.1 Å². The molecule has 0 aliphatic heterocycles. The van der Waals surface area contributed by atoms with Crippen molar-refractivity contribution in [1.29, 1.82) is 0 Å². The lowest BCUT2D eigenvalue weighted by Crippen LogP contribution is -2.37. The van der Waals surface area contributed by atoms with Crippen LogP contribution < -0.4 is 10.6 Å². The number of benzene rings is 1. The molecule has 0 amide bonds. The van der Waals surface area contributed by atoms with E-state index in [1.165, 1.54) is 12.1 Å². The van der Waals surface area contributed by atoms with Gasteiger partial charge in [-0.05, 0) is 36.3 Å². The minimum Gasteiger partial charge on any atom is -0.356 e. The summed E-state index contributed by atoms with van der Waals surface area (Å²) in [4.78, 5) is 4.21. The normalized spacial score (nSPS) is 11.4. The molecule has 1 heterocycles. The maximum absolute atomic E-state index is 13.2. The molecule has 0 atom stereocenters. The van der Waals surface area contributed by atoms with Gasteiger partial charge in [-0.3, -0.25) is 4.99 Å². The molecule has 156 valence electrons. The van der Waals surface area contributed by atoms with E-state index >= 15 is 0 Å². The van der Waals surface area contributed by atoms with Crippen LogP contribution in [0.4, 0.5) is 4.39 Å². The summed E-state index contributed by atoms with van der Waals surface area (Å²) in [5.41, 5.74) is 0.879. The Morgan fingerprint density at radius 1 is 1.29 bits per heavy atom. The summed E-state index contributed by atoms with van der Waals surface area (Å²) >= 11 is 1.63. The lowest BCUT2D eigenvalue weighted by Gasteiger charge is -2.13. The van der Waals surface area contributed by atoms with Gasteiger partial charge in [-0.25, -0.2) is 4.39 Å². The van der Waals surface area contributed by atoms with E-state index in [0.29, 0.717) is 18.4 Å². The summed E-state index contributed by atoms with van der Waals surface area (Å²) in [6.45, 7) is 6.62. The van der Waals surface area contributed by atoms with Crippen LogP contribution in [0, 0.1) is 11.7 Å². The Labute approximate surface area is 188 Å².